The van der Waals surface area contributed by atoms with Crippen LogP contribution in [0.15, 0.2) is 48.5 Å². The fourth-order valence-corrected chi connectivity index (χ4v) is 3.38. The molecule has 1 heterocycles. The van der Waals surface area contributed by atoms with Gasteiger partial charge in [0.2, 0.25) is 5.91 Å². The normalized spacial score (nSPS) is 17.3. The molecule has 1 saturated heterocycles. The lowest BCUT2D eigenvalue weighted by atomic mass is 10.2. The lowest BCUT2D eigenvalue weighted by Crippen LogP contribution is -2.44. The Hall–Kier alpha value is -3.08. The first-order valence-electron chi connectivity index (χ1n) is 9.59. The summed E-state index contributed by atoms with van der Waals surface area (Å²) >= 11 is 0. The van der Waals surface area contributed by atoms with E-state index in [1.807, 2.05) is 4.90 Å². The molecule has 2 unspecified atom stereocenters. The molecule has 1 fully saturated rings. The van der Waals surface area contributed by atoms with Crippen molar-refractivity contribution in [3.05, 3.63) is 54.1 Å². The molecule has 2 aromatic carbocycles. The molecule has 2 N–H and O–H groups in total. The van der Waals surface area contributed by atoms with Crippen LogP contribution in [-0.2, 0) is 4.79 Å². The summed E-state index contributed by atoms with van der Waals surface area (Å²) in [7, 11) is 1.60. The van der Waals surface area contributed by atoms with Crippen LogP contribution in [0.2, 0.25) is 0 Å². The number of benzene rings is 2. The monoisotopic (exact) mass is 395 g/mol. The summed E-state index contributed by atoms with van der Waals surface area (Å²) < 4.78 is 10.7. The lowest BCUT2D eigenvalue weighted by molar-refractivity contribution is -0.120. The second kappa shape index (κ2) is 9.92. The van der Waals surface area contributed by atoms with Crippen LogP contribution >= 0.6 is 0 Å². The molecule has 0 aromatic heterocycles. The SMILES string of the molecule is COc1ccc(NC(=O)C2CCCN2CC(O)COc2ccc(C#N)cc2)cc1. The van der Waals surface area contributed by atoms with Crippen LogP contribution in [0.4, 0.5) is 5.69 Å². The third-order valence-electron chi connectivity index (χ3n) is 4.89. The molecule has 2 aromatic rings. The van der Waals surface area contributed by atoms with Gasteiger partial charge in [-0.1, -0.05) is 0 Å². The number of nitriles is 1. The Kier molecular flexibility index (Phi) is 7.06. The Morgan fingerprint density at radius 2 is 1.93 bits per heavy atom. The van der Waals surface area contributed by atoms with Crippen molar-refractivity contribution in [3.8, 4) is 17.6 Å². The Morgan fingerprint density at radius 3 is 2.59 bits per heavy atom. The summed E-state index contributed by atoms with van der Waals surface area (Å²) in [5.74, 6) is 1.25. The zero-order chi connectivity index (χ0) is 20.6. The first kappa shape index (κ1) is 20.6. The molecule has 1 aliphatic heterocycles. The third-order valence-corrected chi connectivity index (χ3v) is 4.89. The maximum Gasteiger partial charge on any atom is 0.241 e. The summed E-state index contributed by atoms with van der Waals surface area (Å²) in [4.78, 5) is 14.7. The van der Waals surface area contributed by atoms with Gasteiger partial charge in [-0.2, -0.15) is 5.26 Å². The fraction of sp³-hybridized carbons (Fsp3) is 0.364. The highest BCUT2D eigenvalue weighted by Crippen LogP contribution is 2.21. The van der Waals surface area contributed by atoms with E-state index in [2.05, 4.69) is 11.4 Å². The third kappa shape index (κ3) is 5.70. The molecule has 7 nitrogen and oxygen atoms in total. The minimum atomic E-state index is -0.722. The van der Waals surface area contributed by atoms with Gasteiger partial charge in [0.25, 0.3) is 0 Å². The summed E-state index contributed by atoms with van der Waals surface area (Å²) in [6.07, 6.45) is 0.940. The molecule has 3 rings (SSSR count). The number of methoxy groups -OCH3 is 1. The second-order valence-electron chi connectivity index (χ2n) is 6.97. The minimum Gasteiger partial charge on any atom is -0.497 e. The van der Waals surface area contributed by atoms with Gasteiger partial charge in [0, 0.05) is 12.2 Å². The number of hydrogen-bond donors (Lipinski definition) is 2. The van der Waals surface area contributed by atoms with Gasteiger partial charge in [0.15, 0.2) is 0 Å². The average Bonchev–Trinajstić information content (AvgIpc) is 3.21. The van der Waals surface area contributed by atoms with Gasteiger partial charge in [-0.05, 0) is 67.9 Å². The maximum atomic E-state index is 12.7. The van der Waals surface area contributed by atoms with Crippen LogP contribution in [0.25, 0.3) is 0 Å². The molecule has 152 valence electrons. The van der Waals surface area contributed by atoms with Gasteiger partial charge in [-0.15, -0.1) is 0 Å². The zero-order valence-corrected chi connectivity index (χ0v) is 16.4. The van der Waals surface area contributed by atoms with Crippen molar-refractivity contribution in [2.45, 2.75) is 25.0 Å². The number of carbonyl (C=O) groups excluding carboxylic acids is 1. The van der Waals surface area contributed by atoms with E-state index in [0.717, 1.165) is 25.1 Å². The molecule has 0 radical (unpaired) electrons. The summed E-state index contributed by atoms with van der Waals surface area (Å²) in [5.41, 5.74) is 1.27. The molecule has 2 atom stereocenters. The predicted molar refractivity (Wildman–Crippen MR) is 109 cm³/mol. The van der Waals surface area contributed by atoms with E-state index in [1.54, 1.807) is 55.6 Å². The van der Waals surface area contributed by atoms with Crippen molar-refractivity contribution in [2.75, 3.05) is 32.1 Å². The highest BCUT2D eigenvalue weighted by atomic mass is 16.5. The van der Waals surface area contributed by atoms with E-state index in [1.165, 1.54) is 0 Å². The van der Waals surface area contributed by atoms with E-state index in [0.29, 0.717) is 23.5 Å². The Bertz CT molecular complexity index is 846. The molecule has 29 heavy (non-hydrogen) atoms. The Morgan fingerprint density at radius 1 is 1.24 bits per heavy atom. The van der Waals surface area contributed by atoms with Crippen LogP contribution in [0.1, 0.15) is 18.4 Å². The smallest absolute Gasteiger partial charge is 0.241 e. The Balaban J connectivity index is 1.49. The molecule has 0 spiro atoms. The summed E-state index contributed by atoms with van der Waals surface area (Å²) in [5, 5.41) is 22.1. The number of aliphatic hydroxyl groups is 1. The second-order valence-corrected chi connectivity index (χ2v) is 6.97. The highest BCUT2D eigenvalue weighted by Gasteiger charge is 2.32. The summed E-state index contributed by atoms with van der Waals surface area (Å²) in [6.45, 7) is 1.24. The number of carbonyl (C=O) groups is 1. The van der Waals surface area contributed by atoms with E-state index in [4.69, 9.17) is 14.7 Å². The van der Waals surface area contributed by atoms with E-state index in [-0.39, 0.29) is 18.6 Å². The van der Waals surface area contributed by atoms with Crippen molar-refractivity contribution in [1.82, 2.24) is 4.90 Å². The lowest BCUT2D eigenvalue weighted by Gasteiger charge is -2.26. The number of nitrogens with one attached hydrogen (secondary N) is 1. The quantitative estimate of drug-likeness (QED) is 0.713. The molecule has 0 bridgehead atoms. The predicted octanol–water partition coefficient (Wildman–Crippen LogP) is 2.41. The van der Waals surface area contributed by atoms with Crippen LogP contribution in [0.5, 0.6) is 11.5 Å². The zero-order valence-electron chi connectivity index (χ0n) is 16.4. The number of rotatable bonds is 8. The molecular weight excluding hydrogens is 370 g/mol. The average molecular weight is 395 g/mol. The maximum absolute atomic E-state index is 12.7. The number of amides is 1. The van der Waals surface area contributed by atoms with Gasteiger partial charge >= 0.3 is 0 Å². The standard InChI is InChI=1S/C22H25N3O4/c1-28-19-10-6-17(7-11-19)24-22(27)21-3-2-12-25(21)14-18(26)15-29-20-8-4-16(13-23)5-9-20/h4-11,18,21,26H,2-3,12,14-15H2,1H3,(H,24,27). The molecular formula is C22H25N3O4. The van der Waals surface area contributed by atoms with Gasteiger partial charge in [-0.3, -0.25) is 9.69 Å². The van der Waals surface area contributed by atoms with Crippen LogP contribution < -0.4 is 14.8 Å². The number of anilines is 1. The molecule has 1 amide bonds. The topological polar surface area (TPSA) is 94.8 Å². The number of ether oxygens (including phenoxy) is 2. The van der Waals surface area contributed by atoms with Crippen molar-refractivity contribution >= 4 is 11.6 Å². The first-order valence-corrected chi connectivity index (χ1v) is 9.59. The first-order chi connectivity index (χ1) is 14.1. The number of aliphatic hydroxyl groups excluding tert-OH is 1. The number of likely N-dealkylation sites (tertiary alicyclic amines) is 1. The number of nitrogens with zero attached hydrogens (tertiary/aromatic N) is 2. The van der Waals surface area contributed by atoms with Crippen LogP contribution in [0.3, 0.4) is 0 Å². The van der Waals surface area contributed by atoms with Crippen molar-refractivity contribution in [3.63, 3.8) is 0 Å². The van der Waals surface area contributed by atoms with E-state index < -0.39 is 6.10 Å². The molecule has 1 aliphatic rings. The van der Waals surface area contributed by atoms with Crippen molar-refractivity contribution in [2.24, 2.45) is 0 Å². The van der Waals surface area contributed by atoms with Gasteiger partial charge in [-0.25, -0.2) is 0 Å². The van der Waals surface area contributed by atoms with E-state index >= 15 is 0 Å². The van der Waals surface area contributed by atoms with Crippen LogP contribution in [0, 0.1) is 11.3 Å². The van der Waals surface area contributed by atoms with Crippen molar-refractivity contribution in [1.29, 1.82) is 5.26 Å². The fourth-order valence-electron chi connectivity index (χ4n) is 3.38. The largest absolute Gasteiger partial charge is 0.497 e. The molecule has 0 saturated carbocycles. The van der Waals surface area contributed by atoms with Crippen LogP contribution in [-0.4, -0.2) is 54.9 Å². The molecule has 7 heteroatoms. The minimum absolute atomic E-state index is 0.0760. The van der Waals surface area contributed by atoms with Gasteiger partial charge in [0.05, 0.1) is 24.8 Å². The molecule has 0 aliphatic carbocycles. The van der Waals surface area contributed by atoms with E-state index in [9.17, 15) is 9.90 Å². The summed E-state index contributed by atoms with van der Waals surface area (Å²) in [6, 6.07) is 15.7. The van der Waals surface area contributed by atoms with Crippen molar-refractivity contribution < 1.29 is 19.4 Å². The number of hydrogen-bond acceptors (Lipinski definition) is 6. The number of β-amino-alcohol motifs (C(OH)–C–C–N with tert-alkyl or cyclic N) is 1. The Labute approximate surface area is 170 Å². The van der Waals surface area contributed by atoms with Gasteiger partial charge < -0.3 is 19.9 Å². The van der Waals surface area contributed by atoms with Gasteiger partial charge in [0.1, 0.15) is 24.2 Å². The highest BCUT2D eigenvalue weighted by molar-refractivity contribution is 5.95.